The number of thiophene rings is 1. The third-order valence-corrected chi connectivity index (χ3v) is 3.91. The quantitative estimate of drug-likeness (QED) is 0.910. The van der Waals surface area contributed by atoms with E-state index in [0.717, 1.165) is 16.6 Å². The number of hydrogen-bond donors (Lipinski definition) is 1. The third-order valence-electron chi connectivity index (χ3n) is 2.61. The molecule has 2 heterocycles. The molecule has 0 amide bonds. The summed E-state index contributed by atoms with van der Waals surface area (Å²) in [7, 11) is 0. The van der Waals surface area contributed by atoms with Gasteiger partial charge in [0.05, 0.1) is 16.1 Å². The van der Waals surface area contributed by atoms with Crippen molar-refractivity contribution in [2.75, 3.05) is 6.54 Å². The lowest BCUT2D eigenvalue weighted by molar-refractivity contribution is 0.620. The van der Waals surface area contributed by atoms with Crippen LogP contribution in [0.2, 0.25) is 4.34 Å². The smallest absolute Gasteiger partial charge is 0.0931 e. The number of pyridine rings is 1. The van der Waals surface area contributed by atoms with E-state index in [1.54, 1.807) is 11.3 Å². The summed E-state index contributed by atoms with van der Waals surface area (Å²) in [5.74, 6) is 0. The number of aromatic nitrogens is 1. The van der Waals surface area contributed by atoms with Gasteiger partial charge >= 0.3 is 0 Å². The van der Waals surface area contributed by atoms with Crippen molar-refractivity contribution < 1.29 is 0 Å². The molecule has 0 aliphatic heterocycles. The van der Waals surface area contributed by atoms with Gasteiger partial charge in [0.1, 0.15) is 0 Å². The average molecular weight is 267 g/mol. The van der Waals surface area contributed by atoms with Crippen LogP contribution in [0.25, 0.3) is 0 Å². The summed E-state index contributed by atoms with van der Waals surface area (Å²) in [6.07, 6.45) is 1.84. The van der Waals surface area contributed by atoms with Crippen LogP contribution in [0.5, 0.6) is 0 Å². The second-order valence-corrected chi connectivity index (χ2v) is 5.58. The first-order chi connectivity index (χ1) is 8.22. The van der Waals surface area contributed by atoms with Crippen molar-refractivity contribution in [1.82, 2.24) is 10.3 Å². The molecule has 1 N–H and O–H groups in total. The number of halogens is 1. The molecule has 90 valence electrons. The largest absolute Gasteiger partial charge is 0.305 e. The van der Waals surface area contributed by atoms with Gasteiger partial charge in [0.15, 0.2) is 0 Å². The van der Waals surface area contributed by atoms with Crippen LogP contribution >= 0.6 is 22.9 Å². The van der Waals surface area contributed by atoms with Crippen LogP contribution in [0.3, 0.4) is 0 Å². The van der Waals surface area contributed by atoms with Crippen LogP contribution in [0.1, 0.15) is 29.1 Å². The van der Waals surface area contributed by atoms with Gasteiger partial charge in [-0.3, -0.25) is 4.98 Å². The van der Waals surface area contributed by atoms with Gasteiger partial charge in [-0.1, -0.05) is 24.6 Å². The van der Waals surface area contributed by atoms with Gasteiger partial charge in [0.25, 0.3) is 0 Å². The Hall–Kier alpha value is -0.900. The zero-order chi connectivity index (χ0) is 12.3. The molecule has 0 saturated carbocycles. The summed E-state index contributed by atoms with van der Waals surface area (Å²) < 4.78 is 0.816. The van der Waals surface area contributed by atoms with E-state index in [4.69, 9.17) is 11.6 Å². The van der Waals surface area contributed by atoms with Crippen LogP contribution in [0.4, 0.5) is 0 Å². The Morgan fingerprint density at radius 2 is 2.24 bits per heavy atom. The highest BCUT2D eigenvalue weighted by molar-refractivity contribution is 7.16. The first-order valence-corrected chi connectivity index (χ1v) is 6.82. The van der Waals surface area contributed by atoms with E-state index < -0.39 is 0 Å². The van der Waals surface area contributed by atoms with Crippen LogP contribution in [0.15, 0.2) is 30.5 Å². The maximum Gasteiger partial charge on any atom is 0.0931 e. The van der Waals surface area contributed by atoms with E-state index in [9.17, 15) is 0 Å². The zero-order valence-electron chi connectivity index (χ0n) is 9.90. The van der Waals surface area contributed by atoms with Gasteiger partial charge in [-0.05, 0) is 37.2 Å². The molecule has 2 rings (SSSR count). The van der Waals surface area contributed by atoms with Crippen molar-refractivity contribution in [3.8, 4) is 0 Å². The van der Waals surface area contributed by atoms with Crippen molar-refractivity contribution in [2.24, 2.45) is 0 Å². The van der Waals surface area contributed by atoms with Crippen molar-refractivity contribution in [3.05, 3.63) is 50.9 Å². The zero-order valence-corrected chi connectivity index (χ0v) is 11.5. The lowest BCUT2D eigenvalue weighted by atomic mass is 10.1. The standard InChI is InChI=1S/C13H15ClN2S/c1-3-15-13(10-6-7-11(14)17-10)12-9(2)5-4-8-16-12/h4-8,13,15H,3H2,1-2H3. The van der Waals surface area contributed by atoms with E-state index in [1.807, 2.05) is 18.3 Å². The van der Waals surface area contributed by atoms with E-state index in [2.05, 4.69) is 36.3 Å². The predicted octanol–water partition coefficient (Wildman–Crippen LogP) is 3.80. The van der Waals surface area contributed by atoms with Crippen molar-refractivity contribution in [1.29, 1.82) is 0 Å². The minimum absolute atomic E-state index is 0.138. The fourth-order valence-electron chi connectivity index (χ4n) is 1.82. The molecule has 0 aliphatic rings. The second-order valence-electron chi connectivity index (χ2n) is 3.84. The molecule has 0 radical (unpaired) electrons. The molecule has 0 bridgehead atoms. The highest BCUT2D eigenvalue weighted by Crippen LogP contribution is 2.31. The molecule has 4 heteroatoms. The van der Waals surface area contributed by atoms with Gasteiger partial charge < -0.3 is 5.32 Å². The normalized spacial score (nSPS) is 12.6. The Morgan fingerprint density at radius 3 is 2.82 bits per heavy atom. The Morgan fingerprint density at radius 1 is 1.41 bits per heavy atom. The topological polar surface area (TPSA) is 24.9 Å². The number of rotatable bonds is 4. The van der Waals surface area contributed by atoms with E-state index in [1.165, 1.54) is 10.4 Å². The molecule has 0 fully saturated rings. The Labute approximate surface area is 111 Å². The maximum atomic E-state index is 6.00. The Bertz CT molecular complexity index is 496. The Kier molecular flexibility index (Phi) is 4.15. The van der Waals surface area contributed by atoms with Gasteiger partial charge in [0, 0.05) is 11.1 Å². The fourth-order valence-corrected chi connectivity index (χ4v) is 2.96. The van der Waals surface area contributed by atoms with Crippen molar-refractivity contribution >= 4 is 22.9 Å². The maximum absolute atomic E-state index is 6.00. The average Bonchev–Trinajstić information content (AvgIpc) is 2.74. The molecular formula is C13H15ClN2S. The van der Waals surface area contributed by atoms with Crippen LogP contribution in [0, 0.1) is 6.92 Å². The van der Waals surface area contributed by atoms with Gasteiger partial charge in [-0.2, -0.15) is 0 Å². The fraction of sp³-hybridized carbons (Fsp3) is 0.308. The number of hydrogen-bond acceptors (Lipinski definition) is 3. The summed E-state index contributed by atoms with van der Waals surface area (Å²) in [5.41, 5.74) is 2.27. The molecule has 0 spiro atoms. The molecule has 1 unspecified atom stereocenters. The second kappa shape index (κ2) is 5.63. The van der Waals surface area contributed by atoms with Crippen molar-refractivity contribution in [2.45, 2.75) is 19.9 Å². The molecule has 0 aromatic carbocycles. The minimum Gasteiger partial charge on any atom is -0.305 e. The van der Waals surface area contributed by atoms with Crippen molar-refractivity contribution in [3.63, 3.8) is 0 Å². The molecular weight excluding hydrogens is 252 g/mol. The van der Waals surface area contributed by atoms with E-state index >= 15 is 0 Å². The first-order valence-electron chi connectivity index (χ1n) is 5.62. The molecule has 2 nitrogen and oxygen atoms in total. The lowest BCUT2D eigenvalue weighted by Crippen LogP contribution is -2.22. The highest BCUT2D eigenvalue weighted by Gasteiger charge is 2.17. The summed E-state index contributed by atoms with van der Waals surface area (Å²) >= 11 is 7.60. The SMILES string of the molecule is CCNC(c1ccc(Cl)s1)c1ncccc1C. The van der Waals surface area contributed by atoms with Crippen LogP contribution in [-0.2, 0) is 0 Å². The lowest BCUT2D eigenvalue weighted by Gasteiger charge is -2.17. The minimum atomic E-state index is 0.138. The van der Waals surface area contributed by atoms with Gasteiger partial charge in [-0.25, -0.2) is 0 Å². The van der Waals surface area contributed by atoms with Gasteiger partial charge in [-0.15, -0.1) is 11.3 Å². The van der Waals surface area contributed by atoms with E-state index in [-0.39, 0.29) is 6.04 Å². The summed E-state index contributed by atoms with van der Waals surface area (Å²) in [4.78, 5) is 5.69. The monoisotopic (exact) mass is 266 g/mol. The predicted molar refractivity (Wildman–Crippen MR) is 73.8 cm³/mol. The summed E-state index contributed by atoms with van der Waals surface area (Å²) in [6.45, 7) is 5.08. The third kappa shape index (κ3) is 2.86. The first kappa shape index (κ1) is 12.6. The molecule has 2 aromatic heterocycles. The van der Waals surface area contributed by atoms with Gasteiger partial charge in [0.2, 0.25) is 0 Å². The molecule has 0 aliphatic carbocycles. The highest BCUT2D eigenvalue weighted by atomic mass is 35.5. The van der Waals surface area contributed by atoms with Crippen LogP contribution < -0.4 is 5.32 Å². The molecule has 2 aromatic rings. The summed E-state index contributed by atoms with van der Waals surface area (Å²) in [6, 6.07) is 8.18. The number of nitrogens with one attached hydrogen (secondary N) is 1. The number of nitrogens with zero attached hydrogens (tertiary/aromatic N) is 1. The molecule has 1 atom stereocenters. The molecule has 17 heavy (non-hydrogen) atoms. The number of aryl methyl sites for hydroxylation is 1. The Balaban J connectivity index is 2.39. The summed E-state index contributed by atoms with van der Waals surface area (Å²) in [5, 5.41) is 3.46. The molecule has 0 saturated heterocycles. The van der Waals surface area contributed by atoms with Crippen LogP contribution in [-0.4, -0.2) is 11.5 Å². The van der Waals surface area contributed by atoms with E-state index in [0.29, 0.717) is 0 Å².